The molecule has 0 bridgehead atoms. The fourth-order valence-corrected chi connectivity index (χ4v) is 2.97. The number of hydrogen-bond acceptors (Lipinski definition) is 4. The van der Waals surface area contributed by atoms with Crippen LogP contribution in [0, 0.1) is 0 Å². The van der Waals surface area contributed by atoms with E-state index in [-0.39, 0.29) is 22.8 Å². The number of carbonyl (C=O) groups excluding carboxylic acids is 1. The van der Waals surface area contributed by atoms with Crippen LogP contribution in [0.2, 0.25) is 5.02 Å². The molecule has 1 aromatic carbocycles. The summed E-state index contributed by atoms with van der Waals surface area (Å²) in [4.78, 5) is 18.7. The van der Waals surface area contributed by atoms with Gasteiger partial charge >= 0.3 is 0 Å². The van der Waals surface area contributed by atoms with E-state index in [1.165, 1.54) is 12.1 Å². The van der Waals surface area contributed by atoms with Crippen molar-refractivity contribution in [2.45, 2.75) is 25.5 Å². The third kappa shape index (κ3) is 4.04. The zero-order chi connectivity index (χ0) is 16.9. The molecule has 5 nitrogen and oxygen atoms in total. The van der Waals surface area contributed by atoms with Gasteiger partial charge in [0.15, 0.2) is 0 Å². The number of aromatic hydroxyl groups is 1. The van der Waals surface area contributed by atoms with Gasteiger partial charge in [0, 0.05) is 37.7 Å². The topological polar surface area (TPSA) is 62.7 Å². The summed E-state index contributed by atoms with van der Waals surface area (Å²) in [7, 11) is 0. The molecule has 1 amide bonds. The maximum atomic E-state index is 12.9. The van der Waals surface area contributed by atoms with E-state index >= 15 is 0 Å². The molecule has 1 fully saturated rings. The summed E-state index contributed by atoms with van der Waals surface area (Å²) in [5.41, 5.74) is 1.45. The highest BCUT2D eigenvalue weighted by Crippen LogP contribution is 2.25. The summed E-state index contributed by atoms with van der Waals surface area (Å²) < 4.78 is 5.68. The Morgan fingerprint density at radius 2 is 2.12 bits per heavy atom. The molecule has 0 spiro atoms. The molecule has 0 radical (unpaired) electrons. The number of ether oxygens (including phenoxy) is 1. The van der Waals surface area contributed by atoms with Gasteiger partial charge in [0.05, 0.1) is 11.1 Å². The van der Waals surface area contributed by atoms with Crippen molar-refractivity contribution in [3.63, 3.8) is 0 Å². The molecule has 0 aliphatic carbocycles. The normalized spacial score (nSPS) is 17.0. The van der Waals surface area contributed by atoms with Gasteiger partial charge < -0.3 is 14.7 Å². The Morgan fingerprint density at radius 3 is 2.79 bits per heavy atom. The number of halogens is 1. The van der Waals surface area contributed by atoms with Crippen molar-refractivity contribution in [3.05, 3.63) is 58.9 Å². The van der Waals surface area contributed by atoms with E-state index in [9.17, 15) is 9.90 Å². The first kappa shape index (κ1) is 16.7. The molecule has 24 heavy (non-hydrogen) atoms. The van der Waals surface area contributed by atoms with Gasteiger partial charge in [-0.1, -0.05) is 11.6 Å². The first-order valence-electron chi connectivity index (χ1n) is 7.92. The first-order valence-corrected chi connectivity index (χ1v) is 8.29. The van der Waals surface area contributed by atoms with Gasteiger partial charge in [-0.25, -0.2) is 0 Å². The molecule has 1 N–H and O–H groups in total. The zero-order valence-corrected chi connectivity index (χ0v) is 13.9. The van der Waals surface area contributed by atoms with E-state index in [0.717, 1.165) is 25.0 Å². The summed E-state index contributed by atoms with van der Waals surface area (Å²) in [6.07, 6.45) is 5.45. The number of aromatic nitrogens is 1. The molecule has 1 saturated heterocycles. The molecule has 2 aromatic rings. The van der Waals surface area contributed by atoms with Crippen molar-refractivity contribution in [3.8, 4) is 5.75 Å². The van der Waals surface area contributed by atoms with Crippen LogP contribution in [0.4, 0.5) is 0 Å². The largest absolute Gasteiger partial charge is 0.506 e. The van der Waals surface area contributed by atoms with Gasteiger partial charge in [-0.2, -0.15) is 0 Å². The van der Waals surface area contributed by atoms with Crippen LogP contribution in [-0.2, 0) is 11.3 Å². The molecule has 1 aliphatic rings. The van der Waals surface area contributed by atoms with Crippen molar-refractivity contribution in [2.24, 2.45) is 0 Å². The number of hydrogen-bond donors (Lipinski definition) is 1. The highest BCUT2D eigenvalue weighted by atomic mass is 35.5. The smallest absolute Gasteiger partial charge is 0.254 e. The van der Waals surface area contributed by atoms with E-state index in [0.29, 0.717) is 18.7 Å². The average molecular weight is 347 g/mol. The van der Waals surface area contributed by atoms with E-state index in [1.54, 1.807) is 23.4 Å². The Bertz CT molecular complexity index is 703. The summed E-state index contributed by atoms with van der Waals surface area (Å²) in [5, 5.41) is 9.71. The molecule has 6 heteroatoms. The maximum Gasteiger partial charge on any atom is 0.254 e. The lowest BCUT2D eigenvalue weighted by atomic mass is 10.1. The molecule has 1 aliphatic heterocycles. The van der Waals surface area contributed by atoms with Crippen LogP contribution in [0.1, 0.15) is 28.8 Å². The minimum Gasteiger partial charge on any atom is -0.506 e. The van der Waals surface area contributed by atoms with Gasteiger partial charge in [-0.3, -0.25) is 9.78 Å². The van der Waals surface area contributed by atoms with Gasteiger partial charge in [0.2, 0.25) is 0 Å². The average Bonchev–Trinajstić information content (AvgIpc) is 3.10. The van der Waals surface area contributed by atoms with Crippen LogP contribution in [0.5, 0.6) is 5.75 Å². The van der Waals surface area contributed by atoms with Gasteiger partial charge in [-0.05, 0) is 48.7 Å². The Morgan fingerprint density at radius 1 is 1.33 bits per heavy atom. The Labute approximate surface area is 145 Å². The van der Waals surface area contributed by atoms with Crippen LogP contribution >= 0.6 is 11.6 Å². The maximum absolute atomic E-state index is 12.9. The molecular weight excluding hydrogens is 328 g/mol. The summed E-state index contributed by atoms with van der Waals surface area (Å²) >= 11 is 5.94. The minimum absolute atomic E-state index is 0.0342. The SMILES string of the molecule is O=C(c1ccc(O)c(Cl)c1)N(Cc1ccncc1)C[C@@H]1CCCO1. The van der Waals surface area contributed by atoms with Crippen molar-refractivity contribution < 1.29 is 14.6 Å². The summed E-state index contributed by atoms with van der Waals surface area (Å²) in [6, 6.07) is 8.29. The van der Waals surface area contributed by atoms with Gasteiger partial charge in [0.1, 0.15) is 5.75 Å². The van der Waals surface area contributed by atoms with E-state index in [1.807, 2.05) is 12.1 Å². The second-order valence-corrected chi connectivity index (χ2v) is 6.25. The molecule has 1 aromatic heterocycles. The second kappa shape index (κ2) is 7.64. The molecule has 1 atom stereocenters. The lowest BCUT2D eigenvalue weighted by molar-refractivity contribution is 0.0507. The predicted octanol–water partition coefficient (Wildman–Crippen LogP) is 3.26. The molecular formula is C18H19ClN2O3. The second-order valence-electron chi connectivity index (χ2n) is 5.84. The van der Waals surface area contributed by atoms with Crippen LogP contribution in [0.15, 0.2) is 42.7 Å². The van der Waals surface area contributed by atoms with Crippen molar-refractivity contribution >= 4 is 17.5 Å². The van der Waals surface area contributed by atoms with Crippen molar-refractivity contribution in [1.29, 1.82) is 0 Å². The van der Waals surface area contributed by atoms with Crippen LogP contribution in [0.3, 0.4) is 0 Å². The molecule has 126 valence electrons. The Kier molecular flexibility index (Phi) is 5.33. The molecule has 0 saturated carbocycles. The number of benzene rings is 1. The third-order valence-electron chi connectivity index (χ3n) is 4.05. The quantitative estimate of drug-likeness (QED) is 0.902. The Balaban J connectivity index is 1.81. The predicted molar refractivity (Wildman–Crippen MR) is 91.1 cm³/mol. The van der Waals surface area contributed by atoms with Crippen LogP contribution in [0.25, 0.3) is 0 Å². The number of nitrogens with zero attached hydrogens (tertiary/aromatic N) is 2. The fourth-order valence-electron chi connectivity index (χ4n) is 2.78. The number of rotatable bonds is 5. The zero-order valence-electron chi connectivity index (χ0n) is 13.2. The molecule has 3 rings (SSSR count). The number of pyridine rings is 1. The van der Waals surface area contributed by atoms with E-state index in [2.05, 4.69) is 4.98 Å². The highest BCUT2D eigenvalue weighted by Gasteiger charge is 2.24. The lowest BCUT2D eigenvalue weighted by Crippen LogP contribution is -2.37. The first-order chi connectivity index (χ1) is 11.6. The summed E-state index contributed by atoms with van der Waals surface area (Å²) in [5.74, 6) is -0.169. The monoisotopic (exact) mass is 346 g/mol. The van der Waals surface area contributed by atoms with E-state index in [4.69, 9.17) is 16.3 Å². The third-order valence-corrected chi connectivity index (χ3v) is 4.36. The van der Waals surface area contributed by atoms with Gasteiger partial charge in [0.25, 0.3) is 5.91 Å². The standard InChI is InChI=1S/C18H19ClN2O3/c19-16-10-14(3-4-17(16)22)18(23)21(12-15-2-1-9-24-15)11-13-5-7-20-8-6-13/h3-8,10,15,22H,1-2,9,11-12H2/t15-/m0/s1. The number of amides is 1. The summed E-state index contributed by atoms with van der Waals surface area (Å²) in [6.45, 7) is 1.74. The Hall–Kier alpha value is -2.11. The fraction of sp³-hybridized carbons (Fsp3) is 0.333. The number of phenols is 1. The molecule has 0 unspecified atom stereocenters. The number of carbonyl (C=O) groups is 1. The number of phenolic OH excluding ortho intramolecular Hbond substituents is 1. The van der Waals surface area contributed by atoms with E-state index < -0.39 is 0 Å². The van der Waals surface area contributed by atoms with Crippen LogP contribution in [-0.4, -0.2) is 40.2 Å². The van der Waals surface area contributed by atoms with Crippen molar-refractivity contribution in [1.82, 2.24) is 9.88 Å². The highest BCUT2D eigenvalue weighted by molar-refractivity contribution is 6.32. The minimum atomic E-state index is -0.135. The van der Waals surface area contributed by atoms with Crippen molar-refractivity contribution in [2.75, 3.05) is 13.2 Å². The van der Waals surface area contributed by atoms with Crippen LogP contribution < -0.4 is 0 Å². The molecule has 2 heterocycles. The lowest BCUT2D eigenvalue weighted by Gasteiger charge is -2.26. The van der Waals surface area contributed by atoms with Gasteiger partial charge in [-0.15, -0.1) is 0 Å².